The van der Waals surface area contributed by atoms with Crippen molar-refractivity contribution < 1.29 is 18.8 Å². The number of thiazole rings is 1. The van der Waals surface area contributed by atoms with Gasteiger partial charge >= 0.3 is 0 Å². The van der Waals surface area contributed by atoms with Gasteiger partial charge in [0, 0.05) is 23.7 Å². The van der Waals surface area contributed by atoms with Gasteiger partial charge in [0.15, 0.2) is 5.13 Å². The summed E-state index contributed by atoms with van der Waals surface area (Å²) in [5.74, 6) is -2.85. The molecule has 1 aliphatic heterocycles. The van der Waals surface area contributed by atoms with Crippen molar-refractivity contribution in [1.29, 1.82) is 0 Å². The smallest absolute Gasteiger partial charge is 0.262 e. The van der Waals surface area contributed by atoms with E-state index in [1.807, 2.05) is 0 Å². The van der Waals surface area contributed by atoms with Gasteiger partial charge in [-0.2, -0.15) is 0 Å². The third-order valence-corrected chi connectivity index (χ3v) is 4.83. The van der Waals surface area contributed by atoms with Gasteiger partial charge in [-0.05, 0) is 30.7 Å². The molecule has 0 aliphatic carbocycles. The molecule has 2 heterocycles. The molecule has 1 aromatic carbocycles. The third kappa shape index (κ3) is 5.08. The number of allylic oxidation sites excluding steroid dienone is 1. The lowest BCUT2D eigenvalue weighted by molar-refractivity contribution is -0.128. The Morgan fingerprint density at radius 3 is 2.86 bits per heavy atom. The van der Waals surface area contributed by atoms with Gasteiger partial charge < -0.3 is 10.6 Å². The Bertz CT molecular complexity index is 989. The van der Waals surface area contributed by atoms with Gasteiger partial charge in [0.2, 0.25) is 11.8 Å². The SMILES string of the molecule is O=C(CCc1csc(NC(=O)C2C=CC=NC2=O)n1)Nc1ccc(F)c(Cl)c1. The number of anilines is 2. The molecule has 10 heteroatoms. The molecule has 2 N–H and O–H groups in total. The van der Waals surface area contributed by atoms with Gasteiger partial charge in [0.25, 0.3) is 5.91 Å². The summed E-state index contributed by atoms with van der Waals surface area (Å²) in [5.41, 5.74) is 1.02. The standard InChI is InChI=1S/C18H14ClFN4O3S/c19-13-8-10(3-5-14(13)20)22-15(25)6-4-11-9-28-18(23-11)24-17(27)12-2-1-7-21-16(12)26/h1-3,5,7-9,12H,4,6H2,(H,22,25)(H,23,24,27). The van der Waals surface area contributed by atoms with E-state index in [2.05, 4.69) is 20.6 Å². The predicted molar refractivity (Wildman–Crippen MR) is 105 cm³/mol. The van der Waals surface area contributed by atoms with Crippen LogP contribution < -0.4 is 10.6 Å². The Hall–Kier alpha value is -2.91. The van der Waals surface area contributed by atoms with Crippen LogP contribution in [0.2, 0.25) is 5.02 Å². The summed E-state index contributed by atoms with van der Waals surface area (Å²) in [6.45, 7) is 0. The summed E-state index contributed by atoms with van der Waals surface area (Å²) in [4.78, 5) is 43.5. The van der Waals surface area contributed by atoms with Crippen LogP contribution >= 0.6 is 22.9 Å². The number of aryl methyl sites for hydroxylation is 1. The van der Waals surface area contributed by atoms with Crippen molar-refractivity contribution in [3.63, 3.8) is 0 Å². The lowest BCUT2D eigenvalue weighted by Gasteiger charge is -2.09. The number of dihydropyridines is 1. The second-order valence-electron chi connectivity index (χ2n) is 5.79. The minimum atomic E-state index is -0.967. The molecular formula is C18H14ClFN4O3S. The Labute approximate surface area is 168 Å². The highest BCUT2D eigenvalue weighted by Crippen LogP contribution is 2.21. The van der Waals surface area contributed by atoms with Crippen molar-refractivity contribution in [3.05, 3.63) is 52.3 Å². The summed E-state index contributed by atoms with van der Waals surface area (Å²) >= 11 is 6.87. The molecule has 0 bridgehead atoms. The Morgan fingerprint density at radius 2 is 2.11 bits per heavy atom. The van der Waals surface area contributed by atoms with Gasteiger partial charge in [-0.1, -0.05) is 17.7 Å². The van der Waals surface area contributed by atoms with Crippen molar-refractivity contribution in [3.8, 4) is 0 Å². The van der Waals surface area contributed by atoms with Crippen LogP contribution in [0.1, 0.15) is 12.1 Å². The number of rotatable bonds is 6. The van der Waals surface area contributed by atoms with E-state index >= 15 is 0 Å². The second-order valence-corrected chi connectivity index (χ2v) is 7.05. The molecule has 1 aromatic heterocycles. The number of halogens is 2. The molecule has 144 valence electrons. The number of nitrogens with zero attached hydrogens (tertiary/aromatic N) is 2. The minimum absolute atomic E-state index is 0.0744. The van der Waals surface area contributed by atoms with Crippen LogP contribution in [0.5, 0.6) is 0 Å². The average Bonchev–Trinajstić information content (AvgIpc) is 3.11. The van der Waals surface area contributed by atoms with E-state index in [1.54, 1.807) is 5.38 Å². The van der Waals surface area contributed by atoms with Crippen LogP contribution in [0.25, 0.3) is 0 Å². The Morgan fingerprint density at radius 1 is 1.29 bits per heavy atom. The normalized spacial score (nSPS) is 15.5. The number of amides is 3. The van der Waals surface area contributed by atoms with Gasteiger partial charge in [0.05, 0.1) is 10.7 Å². The fraction of sp³-hybridized carbons (Fsp3) is 0.167. The number of carbonyl (C=O) groups is 3. The van der Waals surface area contributed by atoms with E-state index in [0.717, 1.165) is 0 Å². The lowest BCUT2D eigenvalue weighted by Crippen LogP contribution is -2.28. The number of aromatic nitrogens is 1. The Balaban J connectivity index is 1.50. The highest BCUT2D eigenvalue weighted by molar-refractivity contribution is 7.13. The molecule has 0 saturated heterocycles. The molecule has 1 atom stereocenters. The van der Waals surface area contributed by atoms with E-state index in [9.17, 15) is 18.8 Å². The number of hydrogen-bond acceptors (Lipinski definition) is 5. The number of nitrogens with one attached hydrogen (secondary N) is 2. The van der Waals surface area contributed by atoms with Crippen molar-refractivity contribution in [1.82, 2.24) is 4.98 Å². The molecule has 3 amide bonds. The molecule has 1 unspecified atom stereocenters. The molecule has 2 aromatic rings. The lowest BCUT2D eigenvalue weighted by atomic mass is 10.1. The number of aliphatic imine (C=N–C) groups is 1. The first kappa shape index (κ1) is 19.8. The maximum Gasteiger partial charge on any atom is 0.262 e. The van der Waals surface area contributed by atoms with Gasteiger partial charge in [-0.3, -0.25) is 14.4 Å². The number of carbonyl (C=O) groups excluding carboxylic acids is 3. The fourth-order valence-electron chi connectivity index (χ4n) is 2.34. The van der Waals surface area contributed by atoms with Crippen molar-refractivity contribution in [2.45, 2.75) is 12.8 Å². The first-order valence-electron chi connectivity index (χ1n) is 8.17. The predicted octanol–water partition coefficient (Wildman–Crippen LogP) is 3.23. The topological polar surface area (TPSA) is 101 Å². The molecule has 1 aliphatic rings. The average molecular weight is 421 g/mol. The maximum absolute atomic E-state index is 13.1. The third-order valence-electron chi connectivity index (χ3n) is 3.73. The monoisotopic (exact) mass is 420 g/mol. The van der Waals surface area contributed by atoms with Crippen LogP contribution in [-0.4, -0.2) is 28.9 Å². The molecule has 0 spiro atoms. The van der Waals surface area contributed by atoms with Crippen molar-refractivity contribution in [2.24, 2.45) is 10.9 Å². The van der Waals surface area contributed by atoms with Gasteiger partial charge in [0.1, 0.15) is 11.7 Å². The summed E-state index contributed by atoms with van der Waals surface area (Å²) in [6, 6.07) is 3.92. The summed E-state index contributed by atoms with van der Waals surface area (Å²) in [5, 5.41) is 7.17. The summed E-state index contributed by atoms with van der Waals surface area (Å²) in [7, 11) is 0. The van der Waals surface area contributed by atoms with Crippen molar-refractivity contribution >= 4 is 57.7 Å². The zero-order valence-corrected chi connectivity index (χ0v) is 15.9. The molecule has 3 rings (SSSR count). The molecular weight excluding hydrogens is 407 g/mol. The second kappa shape index (κ2) is 8.85. The minimum Gasteiger partial charge on any atom is -0.326 e. The Kier molecular flexibility index (Phi) is 6.27. The number of hydrogen-bond donors (Lipinski definition) is 2. The molecule has 0 radical (unpaired) electrons. The van der Waals surface area contributed by atoms with E-state index in [0.29, 0.717) is 22.9 Å². The van der Waals surface area contributed by atoms with E-state index in [1.165, 1.54) is 47.9 Å². The molecule has 7 nitrogen and oxygen atoms in total. The zero-order chi connectivity index (χ0) is 20.1. The summed E-state index contributed by atoms with van der Waals surface area (Å²) in [6.07, 6.45) is 4.82. The van der Waals surface area contributed by atoms with E-state index in [4.69, 9.17) is 11.6 Å². The van der Waals surface area contributed by atoms with Crippen LogP contribution in [0.4, 0.5) is 15.2 Å². The highest BCUT2D eigenvalue weighted by Gasteiger charge is 2.25. The number of benzene rings is 1. The van der Waals surface area contributed by atoms with Crippen LogP contribution in [-0.2, 0) is 20.8 Å². The molecule has 0 fully saturated rings. The highest BCUT2D eigenvalue weighted by atomic mass is 35.5. The van der Waals surface area contributed by atoms with Gasteiger partial charge in [-0.15, -0.1) is 11.3 Å². The first-order chi connectivity index (χ1) is 13.4. The largest absolute Gasteiger partial charge is 0.326 e. The molecule has 0 saturated carbocycles. The van der Waals surface area contributed by atoms with Crippen LogP contribution in [0.3, 0.4) is 0 Å². The van der Waals surface area contributed by atoms with Crippen molar-refractivity contribution in [2.75, 3.05) is 10.6 Å². The maximum atomic E-state index is 13.1. The fourth-order valence-corrected chi connectivity index (χ4v) is 3.27. The van der Waals surface area contributed by atoms with Gasteiger partial charge in [-0.25, -0.2) is 14.4 Å². The van der Waals surface area contributed by atoms with E-state index < -0.39 is 23.5 Å². The first-order valence-corrected chi connectivity index (χ1v) is 9.43. The molecule has 28 heavy (non-hydrogen) atoms. The summed E-state index contributed by atoms with van der Waals surface area (Å²) < 4.78 is 13.1. The zero-order valence-electron chi connectivity index (χ0n) is 14.3. The quantitative estimate of drug-likeness (QED) is 0.700. The van der Waals surface area contributed by atoms with Crippen LogP contribution in [0.15, 0.2) is 40.7 Å². The van der Waals surface area contributed by atoms with Crippen LogP contribution in [0, 0.1) is 11.7 Å². The van der Waals surface area contributed by atoms with E-state index in [-0.39, 0.29) is 17.4 Å².